The van der Waals surface area contributed by atoms with Crippen LogP contribution in [0.5, 0.6) is 10.1 Å². The number of hydrogen-bond donors (Lipinski definition) is 2. The third kappa shape index (κ3) is 3.46. The lowest BCUT2D eigenvalue weighted by atomic mass is 9.86. The average Bonchev–Trinajstić information content (AvgIpc) is 3.41. The van der Waals surface area contributed by atoms with Gasteiger partial charge in [-0.25, -0.2) is 0 Å². The summed E-state index contributed by atoms with van der Waals surface area (Å²) in [6, 6.07) is 17.7. The molecule has 0 aliphatic carbocycles. The summed E-state index contributed by atoms with van der Waals surface area (Å²) in [5.74, 6) is 0.201. The zero-order chi connectivity index (χ0) is 20.0. The number of likely N-dealkylation sites (tertiary alicyclic amines) is 1. The van der Waals surface area contributed by atoms with Gasteiger partial charge >= 0.3 is 0 Å². The van der Waals surface area contributed by atoms with Crippen LogP contribution >= 0.6 is 22.7 Å². The number of thiophene rings is 2. The van der Waals surface area contributed by atoms with E-state index in [0.29, 0.717) is 10.1 Å². The van der Waals surface area contributed by atoms with Crippen molar-refractivity contribution < 1.29 is 10.2 Å². The van der Waals surface area contributed by atoms with Crippen molar-refractivity contribution in [1.29, 1.82) is 0 Å². The Bertz CT molecular complexity index is 1090. The van der Waals surface area contributed by atoms with Gasteiger partial charge in [0.1, 0.15) is 0 Å². The summed E-state index contributed by atoms with van der Waals surface area (Å²) in [6.07, 6.45) is 2.14. The molecule has 2 aliphatic heterocycles. The van der Waals surface area contributed by atoms with Crippen molar-refractivity contribution in [2.24, 2.45) is 11.0 Å². The van der Waals surface area contributed by atoms with E-state index in [0.717, 1.165) is 34.2 Å². The first kappa shape index (κ1) is 18.4. The largest absolute Gasteiger partial charge is 0.499 e. The molecule has 2 unspecified atom stereocenters. The van der Waals surface area contributed by atoms with Crippen LogP contribution in [0.4, 0.5) is 5.69 Å². The van der Waals surface area contributed by atoms with Crippen molar-refractivity contribution in [2.45, 2.75) is 6.04 Å². The Hall–Kier alpha value is -2.61. The highest BCUT2D eigenvalue weighted by Gasteiger charge is 2.44. The molecule has 0 bridgehead atoms. The topological polar surface area (TPSA) is 59.3 Å². The van der Waals surface area contributed by atoms with E-state index in [-0.39, 0.29) is 12.0 Å². The Labute approximate surface area is 177 Å². The molecule has 1 saturated heterocycles. The third-order valence-corrected chi connectivity index (χ3v) is 7.14. The van der Waals surface area contributed by atoms with Crippen LogP contribution in [0.3, 0.4) is 0 Å². The molecule has 148 valence electrons. The van der Waals surface area contributed by atoms with E-state index in [2.05, 4.69) is 35.2 Å². The molecule has 5 rings (SSSR count). The first-order chi connectivity index (χ1) is 14.1. The summed E-state index contributed by atoms with van der Waals surface area (Å²) in [4.78, 5) is 4.45. The average molecular weight is 424 g/mol. The SMILES string of the molecule is CN1C/C(=C\c2ccc(O)s2)C2=NN(c3ccccc3)C(c3ccc(O)s3)C2C1. The van der Waals surface area contributed by atoms with Gasteiger partial charge in [-0.15, -0.1) is 11.3 Å². The van der Waals surface area contributed by atoms with E-state index in [1.807, 2.05) is 30.3 Å². The maximum Gasteiger partial charge on any atom is 0.171 e. The van der Waals surface area contributed by atoms with Crippen LogP contribution in [-0.2, 0) is 0 Å². The fraction of sp³-hybridized carbons (Fsp3) is 0.227. The van der Waals surface area contributed by atoms with Gasteiger partial charge in [-0.05, 0) is 55.1 Å². The third-order valence-electron chi connectivity index (χ3n) is 5.34. The Balaban J connectivity index is 1.61. The lowest BCUT2D eigenvalue weighted by Crippen LogP contribution is -2.41. The smallest absolute Gasteiger partial charge is 0.171 e. The lowest BCUT2D eigenvalue weighted by molar-refractivity contribution is 0.304. The van der Waals surface area contributed by atoms with E-state index < -0.39 is 0 Å². The maximum absolute atomic E-state index is 9.99. The van der Waals surface area contributed by atoms with Gasteiger partial charge in [0, 0.05) is 28.8 Å². The van der Waals surface area contributed by atoms with E-state index >= 15 is 0 Å². The number of anilines is 1. The van der Waals surface area contributed by atoms with Crippen molar-refractivity contribution >= 4 is 40.1 Å². The number of piperidine rings is 1. The summed E-state index contributed by atoms with van der Waals surface area (Å²) in [5, 5.41) is 27.6. The van der Waals surface area contributed by atoms with Gasteiger partial charge in [-0.3, -0.25) is 5.01 Å². The van der Waals surface area contributed by atoms with E-state index in [1.165, 1.54) is 28.2 Å². The molecular formula is C22H21N3O2S2. The molecule has 2 aliphatic rings. The summed E-state index contributed by atoms with van der Waals surface area (Å²) in [6.45, 7) is 1.72. The van der Waals surface area contributed by atoms with Crippen molar-refractivity contribution in [3.05, 3.63) is 69.9 Å². The van der Waals surface area contributed by atoms with Crippen LogP contribution in [0.2, 0.25) is 0 Å². The van der Waals surface area contributed by atoms with Crippen molar-refractivity contribution in [2.75, 3.05) is 25.1 Å². The lowest BCUT2D eigenvalue weighted by Gasteiger charge is -2.34. The second kappa shape index (κ2) is 7.33. The predicted molar refractivity (Wildman–Crippen MR) is 120 cm³/mol. The van der Waals surface area contributed by atoms with Crippen molar-refractivity contribution in [3.63, 3.8) is 0 Å². The quantitative estimate of drug-likeness (QED) is 0.636. The number of hydrogen-bond acceptors (Lipinski definition) is 7. The molecule has 1 fully saturated rings. The molecule has 0 spiro atoms. The van der Waals surface area contributed by atoms with Gasteiger partial charge in [0.05, 0.1) is 17.4 Å². The first-order valence-electron chi connectivity index (χ1n) is 9.48. The normalized spacial score (nSPS) is 23.4. The maximum atomic E-state index is 9.99. The van der Waals surface area contributed by atoms with Crippen LogP contribution in [-0.4, -0.2) is 41.0 Å². The number of rotatable bonds is 3. The number of likely N-dealkylation sites (N-methyl/N-ethyl adjacent to an activating group) is 1. The molecule has 1 aromatic carbocycles. The summed E-state index contributed by atoms with van der Waals surface area (Å²) in [5.41, 5.74) is 3.32. The highest BCUT2D eigenvalue weighted by atomic mass is 32.1. The van der Waals surface area contributed by atoms with Gasteiger partial charge in [0.2, 0.25) is 0 Å². The molecule has 0 radical (unpaired) electrons. The van der Waals surface area contributed by atoms with Gasteiger partial charge < -0.3 is 15.1 Å². The fourth-order valence-electron chi connectivity index (χ4n) is 4.16. The summed E-state index contributed by atoms with van der Waals surface area (Å²) < 4.78 is 0. The highest BCUT2D eigenvalue weighted by molar-refractivity contribution is 7.14. The minimum Gasteiger partial charge on any atom is -0.499 e. The van der Waals surface area contributed by atoms with Crippen molar-refractivity contribution in [3.8, 4) is 10.1 Å². The molecule has 29 heavy (non-hydrogen) atoms. The van der Waals surface area contributed by atoms with E-state index in [1.54, 1.807) is 12.1 Å². The molecule has 5 nitrogen and oxygen atoms in total. The zero-order valence-corrected chi connectivity index (χ0v) is 17.5. The van der Waals surface area contributed by atoms with Crippen LogP contribution < -0.4 is 5.01 Å². The van der Waals surface area contributed by atoms with Crippen LogP contribution in [0.1, 0.15) is 15.8 Å². The van der Waals surface area contributed by atoms with E-state index in [4.69, 9.17) is 5.10 Å². The van der Waals surface area contributed by atoms with Crippen molar-refractivity contribution in [1.82, 2.24) is 4.90 Å². The van der Waals surface area contributed by atoms with Gasteiger partial charge in [0.25, 0.3) is 0 Å². The predicted octanol–water partition coefficient (Wildman–Crippen LogP) is 4.78. The number of fused-ring (bicyclic) bond motifs is 1. The Morgan fingerprint density at radius 2 is 1.76 bits per heavy atom. The number of nitrogens with zero attached hydrogens (tertiary/aromatic N) is 3. The van der Waals surface area contributed by atoms with Gasteiger partial charge in [-0.1, -0.05) is 29.5 Å². The second-order valence-electron chi connectivity index (χ2n) is 7.44. The first-order valence-corrected chi connectivity index (χ1v) is 11.1. The zero-order valence-electron chi connectivity index (χ0n) is 15.9. The summed E-state index contributed by atoms with van der Waals surface area (Å²) >= 11 is 2.80. The molecule has 2 atom stereocenters. The molecular weight excluding hydrogens is 402 g/mol. The Morgan fingerprint density at radius 1 is 1.00 bits per heavy atom. The molecule has 0 amide bonds. The monoisotopic (exact) mass is 423 g/mol. The van der Waals surface area contributed by atoms with Crippen LogP contribution in [0.15, 0.2) is 65.3 Å². The molecule has 3 aromatic rings. The minimum atomic E-state index is 0.0428. The molecule has 0 saturated carbocycles. The number of aromatic hydroxyl groups is 2. The highest BCUT2D eigenvalue weighted by Crippen LogP contribution is 2.46. The Morgan fingerprint density at radius 3 is 2.45 bits per heavy atom. The van der Waals surface area contributed by atoms with Crippen LogP contribution in [0, 0.1) is 5.92 Å². The second-order valence-corrected chi connectivity index (χ2v) is 9.62. The fourth-order valence-corrected chi connectivity index (χ4v) is 5.78. The molecule has 7 heteroatoms. The molecule has 2 aromatic heterocycles. The number of para-hydroxylation sites is 1. The number of hydrazone groups is 1. The molecule has 4 heterocycles. The van der Waals surface area contributed by atoms with Gasteiger partial charge in [0.15, 0.2) is 10.1 Å². The molecule has 2 N–H and O–H groups in total. The van der Waals surface area contributed by atoms with Gasteiger partial charge in [-0.2, -0.15) is 5.10 Å². The van der Waals surface area contributed by atoms with Crippen LogP contribution in [0.25, 0.3) is 6.08 Å². The Kier molecular flexibility index (Phi) is 4.66. The van der Waals surface area contributed by atoms with E-state index in [9.17, 15) is 10.2 Å². The number of benzene rings is 1. The standard InChI is InChI=1S/C22H21N3O2S2/c1-24-12-14(11-16-7-9-19(26)28-16)21-17(13-24)22(18-8-10-20(27)29-18)25(23-21)15-5-3-2-4-6-15/h2-11,17,22,26-27H,12-13H2,1H3/b14-11+. The minimum absolute atomic E-state index is 0.0428. The summed E-state index contributed by atoms with van der Waals surface area (Å²) in [7, 11) is 2.13.